The fraction of sp³-hybridized carbons (Fsp3) is 0.278. The SMILES string of the molecule is Cc1cc(C(=O)NC(C)C(=O)O)cc(C)c1OCc1cccnc1. The van der Waals surface area contributed by atoms with Crippen LogP contribution in [-0.4, -0.2) is 28.0 Å². The van der Waals surface area contributed by atoms with Crippen LogP contribution in [0.3, 0.4) is 0 Å². The molecule has 0 saturated heterocycles. The van der Waals surface area contributed by atoms with Gasteiger partial charge >= 0.3 is 5.97 Å². The summed E-state index contributed by atoms with van der Waals surface area (Å²) in [5.41, 5.74) is 2.99. The van der Waals surface area contributed by atoms with E-state index < -0.39 is 17.9 Å². The van der Waals surface area contributed by atoms with Gasteiger partial charge in [-0.25, -0.2) is 0 Å². The van der Waals surface area contributed by atoms with Gasteiger partial charge < -0.3 is 15.2 Å². The second-order valence-electron chi connectivity index (χ2n) is 5.62. The number of amides is 1. The highest BCUT2D eigenvalue weighted by Crippen LogP contribution is 2.25. The van der Waals surface area contributed by atoms with Gasteiger partial charge in [-0.15, -0.1) is 0 Å². The van der Waals surface area contributed by atoms with Gasteiger partial charge in [0.15, 0.2) is 0 Å². The van der Waals surface area contributed by atoms with E-state index in [1.165, 1.54) is 6.92 Å². The fourth-order valence-electron chi connectivity index (χ4n) is 2.29. The van der Waals surface area contributed by atoms with Crippen molar-refractivity contribution < 1.29 is 19.4 Å². The van der Waals surface area contributed by atoms with Crippen molar-refractivity contribution in [3.8, 4) is 5.75 Å². The van der Waals surface area contributed by atoms with E-state index in [1.54, 1.807) is 24.5 Å². The van der Waals surface area contributed by atoms with E-state index in [1.807, 2.05) is 26.0 Å². The van der Waals surface area contributed by atoms with Gasteiger partial charge in [0.2, 0.25) is 0 Å². The molecular formula is C18H20N2O4. The highest BCUT2D eigenvalue weighted by Gasteiger charge is 2.17. The molecule has 1 heterocycles. The van der Waals surface area contributed by atoms with Crippen LogP contribution in [0.1, 0.15) is 34.0 Å². The third-order valence-corrected chi connectivity index (χ3v) is 3.55. The predicted molar refractivity (Wildman–Crippen MR) is 89.0 cm³/mol. The zero-order valence-electron chi connectivity index (χ0n) is 13.9. The van der Waals surface area contributed by atoms with Crippen molar-refractivity contribution in [1.82, 2.24) is 10.3 Å². The molecule has 126 valence electrons. The van der Waals surface area contributed by atoms with Gasteiger partial charge in [0.25, 0.3) is 5.91 Å². The first-order valence-electron chi connectivity index (χ1n) is 7.55. The fourth-order valence-corrected chi connectivity index (χ4v) is 2.29. The van der Waals surface area contributed by atoms with Crippen molar-refractivity contribution in [3.05, 3.63) is 58.9 Å². The largest absolute Gasteiger partial charge is 0.488 e. The lowest BCUT2D eigenvalue weighted by molar-refractivity contribution is -0.138. The summed E-state index contributed by atoms with van der Waals surface area (Å²) in [7, 11) is 0. The number of nitrogens with one attached hydrogen (secondary N) is 1. The molecule has 6 nitrogen and oxygen atoms in total. The highest BCUT2D eigenvalue weighted by atomic mass is 16.5. The van der Waals surface area contributed by atoms with E-state index in [2.05, 4.69) is 10.3 Å². The van der Waals surface area contributed by atoms with Crippen LogP contribution in [0, 0.1) is 13.8 Å². The minimum Gasteiger partial charge on any atom is -0.488 e. The summed E-state index contributed by atoms with van der Waals surface area (Å²) in [4.78, 5) is 27.0. The first-order valence-corrected chi connectivity index (χ1v) is 7.55. The molecule has 6 heteroatoms. The van der Waals surface area contributed by atoms with Gasteiger partial charge in [0.1, 0.15) is 18.4 Å². The number of aliphatic carboxylic acids is 1. The van der Waals surface area contributed by atoms with Gasteiger partial charge in [-0.2, -0.15) is 0 Å². The van der Waals surface area contributed by atoms with Crippen LogP contribution in [0.5, 0.6) is 5.75 Å². The molecule has 1 aromatic carbocycles. The lowest BCUT2D eigenvalue weighted by Gasteiger charge is -2.15. The Kier molecular flexibility index (Phi) is 5.52. The Balaban J connectivity index is 2.13. The number of aryl methyl sites for hydroxylation is 2. The van der Waals surface area contributed by atoms with E-state index in [0.717, 1.165) is 16.7 Å². The summed E-state index contributed by atoms with van der Waals surface area (Å²) in [5, 5.41) is 11.3. The Morgan fingerprint density at radius 2 is 1.96 bits per heavy atom. The highest BCUT2D eigenvalue weighted by molar-refractivity contribution is 5.97. The van der Waals surface area contributed by atoms with Gasteiger partial charge in [-0.05, 0) is 50.1 Å². The molecule has 2 aromatic rings. The normalized spacial score (nSPS) is 11.6. The molecule has 0 aliphatic rings. The molecule has 0 radical (unpaired) electrons. The predicted octanol–water partition coefficient (Wildman–Crippen LogP) is 2.48. The second kappa shape index (κ2) is 7.59. The van der Waals surface area contributed by atoms with E-state index >= 15 is 0 Å². The summed E-state index contributed by atoms with van der Waals surface area (Å²) < 4.78 is 5.84. The van der Waals surface area contributed by atoms with Crippen LogP contribution in [0.4, 0.5) is 0 Å². The number of pyridine rings is 1. The zero-order chi connectivity index (χ0) is 17.7. The van der Waals surface area contributed by atoms with Crippen molar-refractivity contribution in [2.24, 2.45) is 0 Å². The average molecular weight is 328 g/mol. The van der Waals surface area contributed by atoms with Gasteiger partial charge in [-0.1, -0.05) is 6.07 Å². The van der Waals surface area contributed by atoms with Crippen molar-refractivity contribution in [3.63, 3.8) is 0 Å². The zero-order valence-corrected chi connectivity index (χ0v) is 13.9. The number of hydrogen-bond donors (Lipinski definition) is 2. The van der Waals surface area contributed by atoms with E-state index in [4.69, 9.17) is 9.84 Å². The van der Waals surface area contributed by atoms with Crippen molar-refractivity contribution in [2.75, 3.05) is 0 Å². The summed E-state index contributed by atoms with van der Waals surface area (Å²) in [6.45, 7) is 5.51. The van der Waals surface area contributed by atoms with Crippen LogP contribution < -0.4 is 10.1 Å². The molecule has 0 fully saturated rings. The number of carbonyl (C=O) groups is 2. The molecule has 2 N–H and O–H groups in total. The summed E-state index contributed by atoms with van der Waals surface area (Å²) >= 11 is 0. The van der Waals surface area contributed by atoms with E-state index in [9.17, 15) is 9.59 Å². The summed E-state index contributed by atoms with van der Waals surface area (Å²) in [6.07, 6.45) is 3.44. The molecule has 1 amide bonds. The van der Waals surface area contributed by atoms with Crippen molar-refractivity contribution in [2.45, 2.75) is 33.4 Å². The van der Waals surface area contributed by atoms with Crippen LogP contribution in [-0.2, 0) is 11.4 Å². The first-order chi connectivity index (χ1) is 11.4. The third kappa shape index (κ3) is 4.32. The second-order valence-corrected chi connectivity index (χ2v) is 5.62. The minimum atomic E-state index is -1.08. The molecule has 1 unspecified atom stereocenters. The van der Waals surface area contributed by atoms with Crippen LogP contribution in [0.2, 0.25) is 0 Å². The Bertz CT molecular complexity index is 721. The van der Waals surface area contributed by atoms with E-state index in [0.29, 0.717) is 17.9 Å². The van der Waals surface area contributed by atoms with Crippen LogP contribution in [0.15, 0.2) is 36.7 Å². The monoisotopic (exact) mass is 328 g/mol. The first kappa shape index (κ1) is 17.5. The molecule has 0 aliphatic heterocycles. The van der Waals surface area contributed by atoms with E-state index in [-0.39, 0.29) is 0 Å². The number of hydrogen-bond acceptors (Lipinski definition) is 4. The Hall–Kier alpha value is -2.89. The molecule has 0 spiro atoms. The number of carboxylic acid groups (broad SMARTS) is 1. The Morgan fingerprint density at radius 1 is 1.29 bits per heavy atom. The summed E-state index contributed by atoms with van der Waals surface area (Å²) in [5.74, 6) is -0.787. The van der Waals surface area contributed by atoms with Crippen molar-refractivity contribution in [1.29, 1.82) is 0 Å². The molecule has 1 aromatic heterocycles. The molecular weight excluding hydrogens is 308 g/mol. The molecule has 2 rings (SSSR count). The average Bonchev–Trinajstić information content (AvgIpc) is 2.54. The summed E-state index contributed by atoms with van der Waals surface area (Å²) in [6, 6.07) is 6.20. The molecule has 0 aliphatic carbocycles. The Morgan fingerprint density at radius 3 is 2.50 bits per heavy atom. The van der Waals surface area contributed by atoms with Crippen molar-refractivity contribution >= 4 is 11.9 Å². The van der Waals surface area contributed by atoms with Gasteiger partial charge in [0.05, 0.1) is 0 Å². The van der Waals surface area contributed by atoms with Crippen LogP contribution in [0.25, 0.3) is 0 Å². The third-order valence-electron chi connectivity index (χ3n) is 3.55. The maximum atomic E-state index is 12.1. The number of rotatable bonds is 6. The number of aromatic nitrogens is 1. The van der Waals surface area contributed by atoms with Crippen LogP contribution >= 0.6 is 0 Å². The topological polar surface area (TPSA) is 88.5 Å². The quantitative estimate of drug-likeness (QED) is 0.850. The molecule has 0 saturated carbocycles. The maximum absolute atomic E-state index is 12.1. The minimum absolute atomic E-state index is 0.386. The number of carbonyl (C=O) groups excluding carboxylic acids is 1. The lowest BCUT2D eigenvalue weighted by atomic mass is 10.0. The molecule has 0 bridgehead atoms. The number of carboxylic acids is 1. The number of nitrogens with zero attached hydrogens (tertiary/aromatic N) is 1. The molecule has 24 heavy (non-hydrogen) atoms. The molecule has 1 atom stereocenters. The van der Waals surface area contributed by atoms with Gasteiger partial charge in [-0.3, -0.25) is 14.6 Å². The number of ether oxygens (including phenoxy) is 1. The number of benzene rings is 1. The lowest BCUT2D eigenvalue weighted by Crippen LogP contribution is -2.38. The Labute approximate surface area is 140 Å². The van der Waals surface area contributed by atoms with Gasteiger partial charge in [0, 0.05) is 23.5 Å². The maximum Gasteiger partial charge on any atom is 0.325 e. The standard InChI is InChI=1S/C18H20N2O4/c1-11-7-15(17(21)20-13(3)18(22)23)8-12(2)16(11)24-10-14-5-4-6-19-9-14/h4-9,13H,10H2,1-3H3,(H,20,21)(H,22,23). The smallest absolute Gasteiger partial charge is 0.325 e.